The van der Waals surface area contributed by atoms with E-state index < -0.39 is 0 Å². The molecule has 2 rings (SSSR count). The van der Waals surface area contributed by atoms with E-state index in [4.69, 9.17) is 5.73 Å². The van der Waals surface area contributed by atoms with Crippen molar-refractivity contribution in [2.75, 3.05) is 31.6 Å². The predicted octanol–water partition coefficient (Wildman–Crippen LogP) is 2.77. The van der Waals surface area contributed by atoms with Gasteiger partial charge in [0.15, 0.2) is 0 Å². The Morgan fingerprint density at radius 1 is 1.40 bits per heavy atom. The summed E-state index contributed by atoms with van der Waals surface area (Å²) in [6.45, 7) is 7.30. The largest absolute Gasteiger partial charge is 0.367 e. The Labute approximate surface area is 121 Å². The van der Waals surface area contributed by atoms with E-state index in [-0.39, 0.29) is 11.9 Å². The fourth-order valence-corrected chi connectivity index (χ4v) is 3.06. The van der Waals surface area contributed by atoms with Crippen LogP contribution in [-0.4, -0.2) is 37.6 Å². The van der Waals surface area contributed by atoms with Crippen molar-refractivity contribution in [1.82, 2.24) is 4.90 Å². The summed E-state index contributed by atoms with van der Waals surface area (Å²) < 4.78 is 13.5. The Morgan fingerprint density at radius 3 is 2.80 bits per heavy atom. The van der Waals surface area contributed by atoms with Gasteiger partial charge in [0.25, 0.3) is 0 Å². The van der Waals surface area contributed by atoms with Crippen molar-refractivity contribution < 1.29 is 4.39 Å². The third-order valence-electron chi connectivity index (χ3n) is 4.16. The molecule has 0 radical (unpaired) electrons. The molecule has 0 aromatic heterocycles. The van der Waals surface area contributed by atoms with E-state index in [0.717, 1.165) is 43.7 Å². The molecule has 1 saturated heterocycles. The Hall–Kier alpha value is -1.13. The van der Waals surface area contributed by atoms with Gasteiger partial charge in [-0.05, 0) is 57.1 Å². The quantitative estimate of drug-likeness (QED) is 0.923. The molecule has 1 heterocycles. The van der Waals surface area contributed by atoms with E-state index in [2.05, 4.69) is 23.8 Å². The molecule has 1 aliphatic heterocycles. The molecular formula is C16H26FN3. The van der Waals surface area contributed by atoms with Crippen LogP contribution in [0.25, 0.3) is 0 Å². The predicted molar refractivity (Wildman–Crippen MR) is 82.5 cm³/mol. The van der Waals surface area contributed by atoms with Crippen LogP contribution in [0.2, 0.25) is 0 Å². The van der Waals surface area contributed by atoms with Crippen LogP contribution in [-0.2, 0) is 0 Å². The molecule has 2 atom stereocenters. The van der Waals surface area contributed by atoms with Gasteiger partial charge < -0.3 is 15.5 Å². The van der Waals surface area contributed by atoms with Gasteiger partial charge in [-0.25, -0.2) is 4.39 Å². The van der Waals surface area contributed by atoms with Crippen molar-refractivity contribution in [1.29, 1.82) is 0 Å². The maximum Gasteiger partial charge on any atom is 0.123 e. The monoisotopic (exact) mass is 279 g/mol. The number of benzene rings is 1. The van der Waals surface area contributed by atoms with Crippen LogP contribution in [0.4, 0.5) is 10.1 Å². The topological polar surface area (TPSA) is 32.5 Å². The van der Waals surface area contributed by atoms with Gasteiger partial charge in [0.2, 0.25) is 0 Å². The number of nitrogens with two attached hydrogens (primary N) is 1. The molecule has 1 fully saturated rings. The van der Waals surface area contributed by atoms with Crippen molar-refractivity contribution in [2.45, 2.75) is 38.8 Å². The zero-order valence-corrected chi connectivity index (χ0v) is 12.8. The SMILES string of the molecule is CCC1CN(C)CCCN1c1ccc(F)cc1C(C)N. The van der Waals surface area contributed by atoms with Gasteiger partial charge >= 0.3 is 0 Å². The number of hydrogen-bond donors (Lipinski definition) is 1. The first-order chi connectivity index (χ1) is 9.52. The standard InChI is InChI=1S/C16H26FN3/c1-4-14-11-19(3)8-5-9-20(14)16-7-6-13(17)10-15(16)12(2)18/h6-7,10,12,14H,4-5,8-9,11,18H2,1-3H3. The third-order valence-corrected chi connectivity index (χ3v) is 4.16. The normalized spacial score (nSPS) is 22.6. The third kappa shape index (κ3) is 3.30. The summed E-state index contributed by atoms with van der Waals surface area (Å²) in [4.78, 5) is 4.80. The minimum atomic E-state index is -0.207. The average Bonchev–Trinajstić information content (AvgIpc) is 2.60. The summed E-state index contributed by atoms with van der Waals surface area (Å²) in [6.07, 6.45) is 2.21. The molecule has 0 saturated carbocycles. The molecule has 1 aromatic rings. The smallest absolute Gasteiger partial charge is 0.123 e. The van der Waals surface area contributed by atoms with E-state index in [9.17, 15) is 4.39 Å². The zero-order valence-electron chi connectivity index (χ0n) is 12.8. The van der Waals surface area contributed by atoms with E-state index in [0.29, 0.717) is 6.04 Å². The molecule has 2 unspecified atom stereocenters. The first kappa shape index (κ1) is 15.3. The number of likely N-dealkylation sites (N-methyl/N-ethyl adjacent to an activating group) is 1. The zero-order chi connectivity index (χ0) is 14.7. The Balaban J connectivity index is 2.37. The first-order valence-electron chi connectivity index (χ1n) is 7.53. The molecule has 2 N–H and O–H groups in total. The van der Waals surface area contributed by atoms with Crippen LogP contribution in [0.15, 0.2) is 18.2 Å². The Kier molecular flexibility index (Phi) is 5.00. The summed E-state index contributed by atoms with van der Waals surface area (Å²) >= 11 is 0. The van der Waals surface area contributed by atoms with Gasteiger partial charge in [-0.2, -0.15) is 0 Å². The molecule has 0 amide bonds. The van der Waals surface area contributed by atoms with Crippen molar-refractivity contribution >= 4 is 5.69 Å². The number of hydrogen-bond acceptors (Lipinski definition) is 3. The van der Waals surface area contributed by atoms with Gasteiger partial charge in [-0.3, -0.25) is 0 Å². The van der Waals surface area contributed by atoms with Gasteiger partial charge in [0.05, 0.1) is 0 Å². The molecule has 0 aliphatic carbocycles. The van der Waals surface area contributed by atoms with Crippen LogP contribution in [0.1, 0.15) is 38.3 Å². The molecule has 0 spiro atoms. The molecular weight excluding hydrogens is 253 g/mol. The highest BCUT2D eigenvalue weighted by Crippen LogP contribution is 2.29. The highest BCUT2D eigenvalue weighted by molar-refractivity contribution is 5.56. The lowest BCUT2D eigenvalue weighted by Gasteiger charge is -2.34. The molecule has 0 bridgehead atoms. The number of halogens is 1. The van der Waals surface area contributed by atoms with Crippen molar-refractivity contribution in [3.63, 3.8) is 0 Å². The van der Waals surface area contributed by atoms with E-state index in [1.165, 1.54) is 0 Å². The van der Waals surface area contributed by atoms with Gasteiger partial charge in [-0.1, -0.05) is 6.92 Å². The van der Waals surface area contributed by atoms with E-state index >= 15 is 0 Å². The van der Waals surface area contributed by atoms with Crippen LogP contribution in [0.5, 0.6) is 0 Å². The number of nitrogens with zero attached hydrogens (tertiary/aromatic N) is 2. The first-order valence-corrected chi connectivity index (χ1v) is 7.53. The summed E-state index contributed by atoms with van der Waals surface area (Å²) in [5, 5.41) is 0. The Bertz CT molecular complexity index is 447. The molecule has 112 valence electrons. The van der Waals surface area contributed by atoms with Gasteiger partial charge in [-0.15, -0.1) is 0 Å². The highest BCUT2D eigenvalue weighted by atomic mass is 19.1. The lowest BCUT2D eigenvalue weighted by Crippen LogP contribution is -2.40. The maximum absolute atomic E-state index is 13.5. The van der Waals surface area contributed by atoms with Crippen LogP contribution < -0.4 is 10.6 Å². The highest BCUT2D eigenvalue weighted by Gasteiger charge is 2.24. The summed E-state index contributed by atoms with van der Waals surface area (Å²) in [7, 11) is 2.17. The van der Waals surface area contributed by atoms with Crippen molar-refractivity contribution in [2.24, 2.45) is 5.73 Å². The second kappa shape index (κ2) is 6.55. The van der Waals surface area contributed by atoms with E-state index in [1.807, 2.05) is 13.0 Å². The molecule has 4 heteroatoms. The fourth-order valence-electron chi connectivity index (χ4n) is 3.06. The molecule has 1 aliphatic rings. The average molecular weight is 279 g/mol. The summed E-state index contributed by atoms with van der Waals surface area (Å²) in [5.41, 5.74) is 8.05. The Morgan fingerprint density at radius 2 is 2.15 bits per heavy atom. The van der Waals surface area contributed by atoms with Crippen LogP contribution >= 0.6 is 0 Å². The van der Waals surface area contributed by atoms with Crippen LogP contribution in [0, 0.1) is 5.82 Å². The lowest BCUT2D eigenvalue weighted by atomic mass is 10.0. The fraction of sp³-hybridized carbons (Fsp3) is 0.625. The van der Waals surface area contributed by atoms with Crippen molar-refractivity contribution in [3.05, 3.63) is 29.6 Å². The number of anilines is 1. The second-order valence-electron chi connectivity index (χ2n) is 5.86. The van der Waals surface area contributed by atoms with Crippen LogP contribution in [0.3, 0.4) is 0 Å². The summed E-state index contributed by atoms with van der Waals surface area (Å²) in [6, 6.07) is 5.33. The van der Waals surface area contributed by atoms with E-state index in [1.54, 1.807) is 12.1 Å². The molecule has 1 aromatic carbocycles. The van der Waals surface area contributed by atoms with Crippen molar-refractivity contribution in [3.8, 4) is 0 Å². The minimum absolute atomic E-state index is 0.154. The number of rotatable bonds is 3. The maximum atomic E-state index is 13.5. The van der Waals surface area contributed by atoms with Gasteiger partial charge in [0, 0.05) is 30.9 Å². The minimum Gasteiger partial charge on any atom is -0.367 e. The molecule has 3 nitrogen and oxygen atoms in total. The summed E-state index contributed by atoms with van der Waals surface area (Å²) in [5.74, 6) is -0.207. The molecule has 20 heavy (non-hydrogen) atoms. The second-order valence-corrected chi connectivity index (χ2v) is 5.86. The van der Waals surface area contributed by atoms with Gasteiger partial charge in [0.1, 0.15) is 5.82 Å². The lowest BCUT2D eigenvalue weighted by molar-refractivity contribution is 0.328.